The molecule has 5 heteroatoms. The molecule has 0 spiro atoms. The highest BCUT2D eigenvalue weighted by molar-refractivity contribution is 5.32. The zero-order chi connectivity index (χ0) is 15.9. The van der Waals surface area contributed by atoms with Crippen molar-refractivity contribution in [3.63, 3.8) is 0 Å². The molecular weight excluding hydrogens is 282 g/mol. The molecule has 0 saturated heterocycles. The Labute approximate surface area is 122 Å². The Morgan fingerprint density at radius 1 is 1.05 bits per heavy atom. The first-order valence-electron chi connectivity index (χ1n) is 7.20. The largest absolute Gasteiger partial charge is 0.419 e. The maximum absolute atomic E-state index is 13.4. The van der Waals surface area contributed by atoms with Crippen molar-refractivity contribution in [1.29, 1.82) is 0 Å². The summed E-state index contributed by atoms with van der Waals surface area (Å²) in [5, 5.41) is 0. The summed E-state index contributed by atoms with van der Waals surface area (Å²) in [6, 6.07) is 3.15. The van der Waals surface area contributed by atoms with Gasteiger partial charge in [-0.15, -0.1) is 0 Å². The Kier molecular flexibility index (Phi) is 4.08. The van der Waals surface area contributed by atoms with Gasteiger partial charge < -0.3 is 5.73 Å². The smallest absolute Gasteiger partial charge is 0.321 e. The molecule has 0 amide bonds. The molecule has 1 aliphatic carbocycles. The van der Waals surface area contributed by atoms with Crippen LogP contribution in [0.5, 0.6) is 0 Å². The fourth-order valence-corrected chi connectivity index (χ4v) is 3.03. The van der Waals surface area contributed by atoms with E-state index in [1.807, 2.05) is 0 Å². The number of alkyl halides is 3. The second-order valence-electron chi connectivity index (χ2n) is 6.87. The van der Waals surface area contributed by atoms with Gasteiger partial charge in [-0.05, 0) is 48.8 Å². The van der Waals surface area contributed by atoms with Crippen LogP contribution in [0.25, 0.3) is 0 Å². The van der Waals surface area contributed by atoms with E-state index in [9.17, 15) is 17.6 Å². The van der Waals surface area contributed by atoms with Gasteiger partial charge in [-0.25, -0.2) is 4.39 Å². The number of hydrogen-bond donors (Lipinski definition) is 1. The van der Waals surface area contributed by atoms with E-state index in [1.54, 1.807) is 0 Å². The predicted molar refractivity (Wildman–Crippen MR) is 74.1 cm³/mol. The van der Waals surface area contributed by atoms with Crippen LogP contribution in [0, 0.1) is 11.2 Å². The Morgan fingerprint density at radius 3 is 2.33 bits per heavy atom. The molecule has 1 aromatic carbocycles. The SMILES string of the molecule is CC1(C)CCCC(N)(c2ccc(F)c(C(F)(F)F)c2)CC1. The molecule has 1 unspecified atom stereocenters. The molecule has 21 heavy (non-hydrogen) atoms. The summed E-state index contributed by atoms with van der Waals surface area (Å²) >= 11 is 0. The van der Waals surface area contributed by atoms with E-state index in [2.05, 4.69) is 13.8 Å². The van der Waals surface area contributed by atoms with E-state index in [-0.39, 0.29) is 5.41 Å². The van der Waals surface area contributed by atoms with Crippen molar-refractivity contribution in [3.8, 4) is 0 Å². The molecule has 118 valence electrons. The number of halogens is 4. The van der Waals surface area contributed by atoms with Crippen molar-refractivity contribution in [1.82, 2.24) is 0 Å². The van der Waals surface area contributed by atoms with Crippen LogP contribution in [0.1, 0.15) is 57.1 Å². The molecule has 1 fully saturated rings. The Bertz CT molecular complexity index is 521. The third-order valence-corrected chi connectivity index (χ3v) is 4.57. The number of benzene rings is 1. The van der Waals surface area contributed by atoms with E-state index >= 15 is 0 Å². The summed E-state index contributed by atoms with van der Waals surface area (Å²) in [7, 11) is 0. The number of rotatable bonds is 1. The molecule has 1 aromatic rings. The van der Waals surface area contributed by atoms with Crippen molar-refractivity contribution >= 4 is 0 Å². The fraction of sp³-hybridized carbons (Fsp3) is 0.625. The number of hydrogen-bond acceptors (Lipinski definition) is 1. The lowest BCUT2D eigenvalue weighted by molar-refractivity contribution is -0.140. The van der Waals surface area contributed by atoms with E-state index in [0.29, 0.717) is 18.4 Å². The van der Waals surface area contributed by atoms with Crippen molar-refractivity contribution < 1.29 is 17.6 Å². The Balaban J connectivity index is 2.37. The van der Waals surface area contributed by atoms with Gasteiger partial charge in [0.05, 0.1) is 5.56 Å². The van der Waals surface area contributed by atoms with Crippen LogP contribution in [-0.2, 0) is 11.7 Å². The molecule has 1 saturated carbocycles. The molecule has 1 atom stereocenters. The molecule has 1 nitrogen and oxygen atoms in total. The van der Waals surface area contributed by atoms with Gasteiger partial charge in [0, 0.05) is 5.54 Å². The third kappa shape index (κ3) is 3.57. The minimum atomic E-state index is -4.69. The first-order valence-corrected chi connectivity index (χ1v) is 7.20. The van der Waals surface area contributed by atoms with Gasteiger partial charge in [0.25, 0.3) is 0 Å². The summed E-state index contributed by atoms with van der Waals surface area (Å²) < 4.78 is 51.9. The average Bonchev–Trinajstić information content (AvgIpc) is 2.48. The molecule has 2 rings (SSSR count). The van der Waals surface area contributed by atoms with Crippen molar-refractivity contribution in [3.05, 3.63) is 35.1 Å². The van der Waals surface area contributed by atoms with Gasteiger partial charge in [-0.3, -0.25) is 0 Å². The zero-order valence-electron chi connectivity index (χ0n) is 12.4. The van der Waals surface area contributed by atoms with Gasteiger partial charge in [0.15, 0.2) is 0 Å². The van der Waals surface area contributed by atoms with E-state index in [4.69, 9.17) is 5.73 Å². The minimum absolute atomic E-state index is 0.147. The lowest BCUT2D eigenvalue weighted by atomic mass is 9.80. The highest BCUT2D eigenvalue weighted by atomic mass is 19.4. The zero-order valence-corrected chi connectivity index (χ0v) is 12.4. The third-order valence-electron chi connectivity index (χ3n) is 4.57. The molecule has 2 N–H and O–H groups in total. The topological polar surface area (TPSA) is 26.0 Å². The second-order valence-corrected chi connectivity index (χ2v) is 6.87. The predicted octanol–water partition coefficient (Wildman–Crippen LogP) is 4.99. The maximum Gasteiger partial charge on any atom is 0.419 e. The molecule has 0 heterocycles. The van der Waals surface area contributed by atoms with Crippen LogP contribution in [0.4, 0.5) is 17.6 Å². The highest BCUT2D eigenvalue weighted by Gasteiger charge is 2.38. The summed E-state index contributed by atoms with van der Waals surface area (Å²) in [6.07, 6.45) is -0.744. The van der Waals surface area contributed by atoms with E-state index < -0.39 is 23.1 Å². The summed E-state index contributed by atoms with van der Waals surface area (Å²) in [6.45, 7) is 4.29. The Hall–Kier alpha value is -1.10. The number of nitrogens with two attached hydrogens (primary N) is 1. The average molecular weight is 303 g/mol. The lowest BCUT2D eigenvalue weighted by Gasteiger charge is -2.30. The van der Waals surface area contributed by atoms with E-state index in [0.717, 1.165) is 31.4 Å². The normalized spacial score (nSPS) is 26.4. The lowest BCUT2D eigenvalue weighted by Crippen LogP contribution is -2.36. The van der Waals surface area contributed by atoms with Crippen molar-refractivity contribution in [2.45, 2.75) is 57.7 Å². The molecule has 0 aromatic heterocycles. The van der Waals surface area contributed by atoms with E-state index in [1.165, 1.54) is 6.07 Å². The van der Waals surface area contributed by atoms with Crippen molar-refractivity contribution in [2.75, 3.05) is 0 Å². The Morgan fingerprint density at radius 2 is 1.71 bits per heavy atom. The quantitative estimate of drug-likeness (QED) is 0.574. The van der Waals surface area contributed by atoms with Gasteiger partial charge in [0.2, 0.25) is 0 Å². The van der Waals surface area contributed by atoms with Crippen LogP contribution < -0.4 is 5.73 Å². The van der Waals surface area contributed by atoms with Gasteiger partial charge >= 0.3 is 6.18 Å². The van der Waals surface area contributed by atoms with Crippen LogP contribution >= 0.6 is 0 Å². The van der Waals surface area contributed by atoms with Crippen molar-refractivity contribution in [2.24, 2.45) is 11.1 Å². The summed E-state index contributed by atoms with van der Waals surface area (Å²) in [5.41, 5.74) is 4.87. The summed E-state index contributed by atoms with van der Waals surface area (Å²) in [4.78, 5) is 0. The molecular formula is C16H21F4N. The first kappa shape index (κ1) is 16.3. The van der Waals surface area contributed by atoms with Crippen LogP contribution in [-0.4, -0.2) is 0 Å². The van der Waals surface area contributed by atoms with Crippen LogP contribution in [0.2, 0.25) is 0 Å². The fourth-order valence-electron chi connectivity index (χ4n) is 3.03. The van der Waals surface area contributed by atoms with Gasteiger partial charge in [0.1, 0.15) is 5.82 Å². The minimum Gasteiger partial charge on any atom is -0.321 e. The van der Waals surface area contributed by atoms with Crippen LogP contribution in [0.3, 0.4) is 0 Å². The molecule has 1 aliphatic rings. The maximum atomic E-state index is 13.4. The first-order chi connectivity index (χ1) is 9.54. The highest BCUT2D eigenvalue weighted by Crippen LogP contribution is 2.42. The van der Waals surface area contributed by atoms with Gasteiger partial charge in [-0.2, -0.15) is 13.2 Å². The van der Waals surface area contributed by atoms with Gasteiger partial charge in [-0.1, -0.05) is 26.3 Å². The monoisotopic (exact) mass is 303 g/mol. The molecule has 0 radical (unpaired) electrons. The molecule has 0 aliphatic heterocycles. The second kappa shape index (κ2) is 5.27. The van der Waals surface area contributed by atoms with Crippen LogP contribution in [0.15, 0.2) is 18.2 Å². The summed E-state index contributed by atoms with van der Waals surface area (Å²) in [5.74, 6) is -1.25. The molecule has 0 bridgehead atoms. The standard InChI is InChI=1S/C16H21F4N/c1-14(2)6-3-7-15(21,9-8-14)11-4-5-13(17)12(10-11)16(18,19)20/h4-5,10H,3,6-9,21H2,1-2H3.